The first-order valence-corrected chi connectivity index (χ1v) is 9.86. The van der Waals surface area contributed by atoms with Gasteiger partial charge in [0.1, 0.15) is 6.54 Å². The zero-order valence-electron chi connectivity index (χ0n) is 14.8. The molecule has 1 N–H and O–H groups in total. The molecule has 3 aromatic rings. The first kappa shape index (κ1) is 19.2. The minimum absolute atomic E-state index is 0.104. The normalized spacial score (nSPS) is 11.3. The number of amides is 1. The first-order chi connectivity index (χ1) is 13.6. The number of benzene rings is 2. The zero-order chi connectivity index (χ0) is 19.8. The van der Waals surface area contributed by atoms with Gasteiger partial charge in [0.15, 0.2) is 0 Å². The van der Waals surface area contributed by atoms with Gasteiger partial charge in [0, 0.05) is 12.4 Å². The molecule has 0 saturated carbocycles. The van der Waals surface area contributed by atoms with E-state index in [0.717, 1.165) is 9.87 Å². The summed E-state index contributed by atoms with van der Waals surface area (Å²) in [5, 5.41) is 3.87. The van der Waals surface area contributed by atoms with Gasteiger partial charge in [-0.3, -0.25) is 14.1 Å². The van der Waals surface area contributed by atoms with Crippen LogP contribution in [0.5, 0.6) is 0 Å². The summed E-state index contributed by atoms with van der Waals surface area (Å²) in [6.07, 6.45) is 4.66. The number of nitrogens with zero attached hydrogens (tertiary/aromatic N) is 3. The summed E-state index contributed by atoms with van der Waals surface area (Å²) >= 11 is 0. The fraction of sp³-hybridized carbons (Fsp3) is 0.0500. The lowest BCUT2D eigenvalue weighted by atomic mass is 10.3. The highest BCUT2D eigenvalue weighted by Gasteiger charge is 2.26. The molecule has 7 nitrogen and oxygen atoms in total. The summed E-state index contributed by atoms with van der Waals surface area (Å²) in [6, 6.07) is 19.9. The highest BCUT2D eigenvalue weighted by molar-refractivity contribution is 7.92. The van der Waals surface area contributed by atoms with Crippen molar-refractivity contribution in [3.05, 3.63) is 90.8 Å². The number of sulfonamides is 1. The number of hydrogen-bond donors (Lipinski definition) is 1. The van der Waals surface area contributed by atoms with Gasteiger partial charge in [-0.15, -0.1) is 0 Å². The second-order valence-electron chi connectivity index (χ2n) is 5.73. The molecular weight excluding hydrogens is 376 g/mol. The molecule has 0 fully saturated rings. The van der Waals surface area contributed by atoms with Gasteiger partial charge >= 0.3 is 0 Å². The third kappa shape index (κ3) is 4.80. The monoisotopic (exact) mass is 394 g/mol. The molecule has 0 bridgehead atoms. The van der Waals surface area contributed by atoms with Gasteiger partial charge in [0.25, 0.3) is 15.9 Å². The number of carbonyl (C=O) groups is 1. The minimum atomic E-state index is -3.91. The molecule has 0 atom stereocenters. The lowest BCUT2D eigenvalue weighted by molar-refractivity contribution is -0.119. The Hall–Kier alpha value is -3.52. The molecule has 3 rings (SSSR count). The maximum Gasteiger partial charge on any atom is 0.264 e. The van der Waals surface area contributed by atoms with Crippen LogP contribution in [0.25, 0.3) is 0 Å². The Morgan fingerprint density at radius 3 is 2.21 bits per heavy atom. The van der Waals surface area contributed by atoms with Gasteiger partial charge in [-0.05, 0) is 42.0 Å². The Kier molecular flexibility index (Phi) is 6.13. The number of anilines is 1. The van der Waals surface area contributed by atoms with E-state index in [-0.39, 0.29) is 4.90 Å². The molecule has 0 saturated heterocycles. The zero-order valence-corrected chi connectivity index (χ0v) is 15.7. The number of nitrogens with one attached hydrogen (secondary N) is 1. The van der Waals surface area contributed by atoms with Crippen LogP contribution in [0.1, 0.15) is 5.56 Å². The Labute approximate surface area is 163 Å². The quantitative estimate of drug-likeness (QED) is 0.492. The third-order valence-corrected chi connectivity index (χ3v) is 5.56. The van der Waals surface area contributed by atoms with Crippen molar-refractivity contribution in [3.63, 3.8) is 0 Å². The van der Waals surface area contributed by atoms with Crippen molar-refractivity contribution < 1.29 is 13.2 Å². The van der Waals surface area contributed by atoms with E-state index in [1.165, 1.54) is 18.3 Å². The molecule has 0 unspecified atom stereocenters. The molecule has 1 heterocycles. The minimum Gasteiger partial charge on any atom is -0.271 e. The van der Waals surface area contributed by atoms with Crippen molar-refractivity contribution in [2.75, 3.05) is 10.8 Å². The molecule has 0 spiro atoms. The average molecular weight is 394 g/mol. The van der Waals surface area contributed by atoms with E-state index in [9.17, 15) is 13.2 Å². The van der Waals surface area contributed by atoms with E-state index in [4.69, 9.17) is 0 Å². The molecular formula is C20H18N4O3S. The molecule has 28 heavy (non-hydrogen) atoms. The molecule has 142 valence electrons. The molecule has 1 amide bonds. The molecule has 2 aromatic carbocycles. The molecule has 0 aliphatic heterocycles. The number of hydrogen-bond acceptors (Lipinski definition) is 5. The fourth-order valence-corrected chi connectivity index (χ4v) is 3.87. The number of rotatable bonds is 7. The summed E-state index contributed by atoms with van der Waals surface area (Å²) in [7, 11) is -3.91. The topological polar surface area (TPSA) is 91.7 Å². The van der Waals surface area contributed by atoms with Gasteiger partial charge in [-0.2, -0.15) is 5.10 Å². The van der Waals surface area contributed by atoms with Crippen LogP contribution in [-0.4, -0.2) is 32.1 Å². The third-order valence-electron chi connectivity index (χ3n) is 3.77. The second kappa shape index (κ2) is 8.92. The van der Waals surface area contributed by atoms with Crippen molar-refractivity contribution >= 4 is 27.8 Å². The van der Waals surface area contributed by atoms with Crippen LogP contribution >= 0.6 is 0 Å². The van der Waals surface area contributed by atoms with Crippen LogP contribution in [0.3, 0.4) is 0 Å². The van der Waals surface area contributed by atoms with E-state index >= 15 is 0 Å². The van der Waals surface area contributed by atoms with Crippen LogP contribution < -0.4 is 9.73 Å². The molecule has 1 aromatic heterocycles. The predicted molar refractivity (Wildman–Crippen MR) is 107 cm³/mol. The van der Waals surface area contributed by atoms with E-state index in [1.807, 2.05) is 0 Å². The number of hydrazone groups is 1. The smallest absolute Gasteiger partial charge is 0.264 e. The van der Waals surface area contributed by atoms with Crippen molar-refractivity contribution in [3.8, 4) is 0 Å². The Balaban J connectivity index is 1.80. The molecule has 0 radical (unpaired) electrons. The van der Waals surface area contributed by atoms with E-state index in [1.54, 1.807) is 73.1 Å². The number of aromatic nitrogens is 1. The number of pyridine rings is 1. The fourth-order valence-electron chi connectivity index (χ4n) is 2.42. The highest BCUT2D eigenvalue weighted by Crippen LogP contribution is 2.22. The SMILES string of the molecule is O=C(CN(c1ccccc1)S(=O)(=O)c1ccccc1)NN=Cc1ccncc1. The number of para-hydroxylation sites is 1. The summed E-state index contributed by atoms with van der Waals surface area (Å²) in [6.45, 7) is -0.408. The number of carbonyl (C=O) groups excluding carboxylic acids is 1. The van der Waals surface area contributed by atoms with E-state index in [0.29, 0.717) is 5.69 Å². The van der Waals surface area contributed by atoms with E-state index < -0.39 is 22.5 Å². The van der Waals surface area contributed by atoms with Gasteiger partial charge < -0.3 is 0 Å². The van der Waals surface area contributed by atoms with Crippen molar-refractivity contribution in [2.24, 2.45) is 5.10 Å². The summed E-state index contributed by atoms with van der Waals surface area (Å²) in [5.41, 5.74) is 3.50. The van der Waals surface area contributed by atoms with Gasteiger partial charge in [-0.25, -0.2) is 13.8 Å². The van der Waals surface area contributed by atoms with Crippen LogP contribution in [0.15, 0.2) is 95.2 Å². The summed E-state index contributed by atoms with van der Waals surface area (Å²) in [4.78, 5) is 16.4. The summed E-state index contributed by atoms with van der Waals surface area (Å²) < 4.78 is 27.2. The Morgan fingerprint density at radius 1 is 0.964 bits per heavy atom. The Bertz CT molecular complexity index is 1040. The predicted octanol–water partition coefficient (Wildman–Crippen LogP) is 2.43. The molecule has 0 aliphatic carbocycles. The average Bonchev–Trinajstić information content (AvgIpc) is 2.74. The second-order valence-corrected chi connectivity index (χ2v) is 7.60. The molecule has 0 aliphatic rings. The van der Waals surface area contributed by atoms with Crippen LogP contribution in [0.2, 0.25) is 0 Å². The van der Waals surface area contributed by atoms with Crippen LogP contribution in [0, 0.1) is 0 Å². The lowest BCUT2D eigenvalue weighted by Gasteiger charge is -2.23. The van der Waals surface area contributed by atoms with Gasteiger partial charge in [0.05, 0.1) is 16.8 Å². The van der Waals surface area contributed by atoms with Crippen LogP contribution in [0.4, 0.5) is 5.69 Å². The van der Waals surface area contributed by atoms with E-state index in [2.05, 4.69) is 15.5 Å². The van der Waals surface area contributed by atoms with Crippen molar-refractivity contribution in [1.82, 2.24) is 10.4 Å². The maximum absolute atomic E-state index is 13.1. The summed E-state index contributed by atoms with van der Waals surface area (Å²) in [5.74, 6) is -0.561. The Morgan fingerprint density at radius 2 is 1.57 bits per heavy atom. The maximum atomic E-state index is 13.1. The van der Waals surface area contributed by atoms with Crippen LogP contribution in [-0.2, 0) is 14.8 Å². The lowest BCUT2D eigenvalue weighted by Crippen LogP contribution is -2.39. The van der Waals surface area contributed by atoms with Crippen molar-refractivity contribution in [1.29, 1.82) is 0 Å². The van der Waals surface area contributed by atoms with Gasteiger partial charge in [-0.1, -0.05) is 36.4 Å². The molecule has 8 heteroatoms. The van der Waals surface area contributed by atoms with Gasteiger partial charge in [0.2, 0.25) is 0 Å². The highest BCUT2D eigenvalue weighted by atomic mass is 32.2. The standard InChI is InChI=1S/C20H18N4O3S/c25-20(23-22-15-17-11-13-21-14-12-17)16-24(18-7-3-1-4-8-18)28(26,27)19-9-5-2-6-10-19/h1-15H,16H2,(H,23,25). The first-order valence-electron chi connectivity index (χ1n) is 8.42. The largest absolute Gasteiger partial charge is 0.271 e. The van der Waals surface area contributed by atoms with Crippen molar-refractivity contribution in [2.45, 2.75) is 4.90 Å².